The third kappa shape index (κ3) is 4.29. The van der Waals surface area contributed by atoms with Crippen LogP contribution in [0.2, 0.25) is 0 Å². The van der Waals surface area contributed by atoms with E-state index in [1.54, 1.807) is 24.3 Å². The quantitative estimate of drug-likeness (QED) is 0.359. The van der Waals surface area contributed by atoms with E-state index in [1.807, 2.05) is 0 Å². The molecule has 0 unspecified atom stereocenters. The summed E-state index contributed by atoms with van der Waals surface area (Å²) in [7, 11) is 1.30. The Balaban J connectivity index is 1.97. The maximum absolute atomic E-state index is 11.9. The van der Waals surface area contributed by atoms with E-state index in [0.29, 0.717) is 16.8 Å². The van der Waals surface area contributed by atoms with Gasteiger partial charge in [0, 0.05) is 0 Å². The lowest BCUT2D eigenvalue weighted by atomic mass is 10.1. The van der Waals surface area contributed by atoms with Crippen molar-refractivity contribution in [3.05, 3.63) is 56.9 Å². The normalized spacial score (nSPS) is 10.7. The van der Waals surface area contributed by atoms with Crippen LogP contribution in [0.1, 0.15) is 27.3 Å². The van der Waals surface area contributed by atoms with Gasteiger partial charge in [-0.05, 0) is 31.5 Å². The van der Waals surface area contributed by atoms with Crippen molar-refractivity contribution in [1.82, 2.24) is 15.2 Å². The molecule has 0 aliphatic rings. The smallest absolute Gasteiger partial charge is 0.337 e. The summed E-state index contributed by atoms with van der Waals surface area (Å²) in [6, 6.07) is 6.44. The first-order valence-electron chi connectivity index (χ1n) is 7.52. The molecule has 1 amide bonds. The molecule has 0 fully saturated rings. The number of rotatable bonds is 6. The van der Waals surface area contributed by atoms with Gasteiger partial charge in [0.15, 0.2) is 0 Å². The molecule has 1 heterocycles. The molecule has 1 aromatic heterocycles. The zero-order chi connectivity index (χ0) is 19.3. The SMILES string of the molecule is COC(=O)c1ccc(C=NNC(=O)Cn2nc(C)c([N+](=O)[O-])c2C)cc1. The fraction of sp³-hybridized carbons (Fsp3) is 0.250. The summed E-state index contributed by atoms with van der Waals surface area (Å²) in [5, 5.41) is 18.8. The third-order valence-corrected chi connectivity index (χ3v) is 3.55. The summed E-state index contributed by atoms with van der Waals surface area (Å²) in [5.74, 6) is -0.923. The lowest BCUT2D eigenvalue weighted by Crippen LogP contribution is -2.24. The minimum atomic E-state index is -0.526. The molecular weight excluding hydrogens is 342 g/mol. The number of nitrogens with zero attached hydrogens (tertiary/aromatic N) is 4. The molecule has 10 heteroatoms. The number of methoxy groups -OCH3 is 1. The van der Waals surface area contributed by atoms with Crippen LogP contribution in [0.25, 0.3) is 0 Å². The van der Waals surface area contributed by atoms with E-state index in [0.717, 1.165) is 0 Å². The average molecular weight is 359 g/mol. The molecule has 2 aromatic rings. The van der Waals surface area contributed by atoms with Crippen LogP contribution in [0, 0.1) is 24.0 Å². The maximum atomic E-state index is 11.9. The third-order valence-electron chi connectivity index (χ3n) is 3.55. The summed E-state index contributed by atoms with van der Waals surface area (Å²) >= 11 is 0. The summed E-state index contributed by atoms with van der Waals surface area (Å²) in [5.41, 5.74) is 3.83. The second-order valence-electron chi connectivity index (χ2n) is 5.34. The number of nitro groups is 1. The fourth-order valence-corrected chi connectivity index (χ4v) is 2.28. The van der Waals surface area contributed by atoms with Gasteiger partial charge in [0.25, 0.3) is 5.91 Å². The average Bonchev–Trinajstić information content (AvgIpc) is 2.88. The number of aryl methyl sites for hydroxylation is 1. The highest BCUT2D eigenvalue weighted by Gasteiger charge is 2.22. The highest BCUT2D eigenvalue weighted by molar-refractivity contribution is 5.90. The first-order chi connectivity index (χ1) is 12.3. The zero-order valence-electron chi connectivity index (χ0n) is 14.4. The Bertz CT molecular complexity index is 870. The number of carbonyl (C=O) groups excluding carboxylic acids is 2. The maximum Gasteiger partial charge on any atom is 0.337 e. The van der Waals surface area contributed by atoms with Crippen molar-refractivity contribution in [2.24, 2.45) is 5.10 Å². The standard InChI is InChI=1S/C16H17N5O5/c1-10-15(21(24)25)11(2)20(19-10)9-14(22)18-17-8-12-4-6-13(7-5-12)16(23)26-3/h4-8H,9H2,1-3H3,(H,18,22). The van der Waals surface area contributed by atoms with Gasteiger partial charge in [0.05, 0.1) is 23.8 Å². The van der Waals surface area contributed by atoms with Gasteiger partial charge in [-0.1, -0.05) is 12.1 Å². The van der Waals surface area contributed by atoms with Gasteiger partial charge >= 0.3 is 11.7 Å². The number of hydrogen-bond donors (Lipinski definition) is 1. The van der Waals surface area contributed by atoms with Gasteiger partial charge in [-0.25, -0.2) is 10.2 Å². The number of hydrazone groups is 1. The molecule has 1 N–H and O–H groups in total. The summed E-state index contributed by atoms with van der Waals surface area (Å²) in [4.78, 5) is 33.7. The Labute approximate surface area is 148 Å². The summed E-state index contributed by atoms with van der Waals surface area (Å²) in [6.45, 7) is 2.84. The van der Waals surface area contributed by atoms with Gasteiger partial charge < -0.3 is 4.74 Å². The van der Waals surface area contributed by atoms with Gasteiger partial charge in [-0.3, -0.25) is 19.6 Å². The molecule has 0 bridgehead atoms. The Kier molecular flexibility index (Phi) is 5.78. The summed E-state index contributed by atoms with van der Waals surface area (Å²) < 4.78 is 5.85. The molecular formula is C16H17N5O5. The van der Waals surface area contributed by atoms with Crippen LogP contribution in [0.15, 0.2) is 29.4 Å². The Hall–Kier alpha value is -3.56. The lowest BCUT2D eigenvalue weighted by Gasteiger charge is -2.02. The van der Waals surface area contributed by atoms with E-state index in [4.69, 9.17) is 0 Å². The summed E-state index contributed by atoms with van der Waals surface area (Å²) in [6.07, 6.45) is 1.41. The van der Waals surface area contributed by atoms with Crippen molar-refractivity contribution in [3.8, 4) is 0 Å². The van der Waals surface area contributed by atoms with E-state index < -0.39 is 16.8 Å². The molecule has 0 aliphatic carbocycles. The van der Waals surface area contributed by atoms with E-state index >= 15 is 0 Å². The minimum Gasteiger partial charge on any atom is -0.465 e. The van der Waals surface area contributed by atoms with Crippen molar-refractivity contribution >= 4 is 23.8 Å². The van der Waals surface area contributed by atoms with E-state index in [9.17, 15) is 19.7 Å². The van der Waals surface area contributed by atoms with Crippen LogP contribution in [-0.2, 0) is 16.1 Å². The van der Waals surface area contributed by atoms with Crippen LogP contribution < -0.4 is 5.43 Å². The van der Waals surface area contributed by atoms with E-state index in [2.05, 4.69) is 20.4 Å². The van der Waals surface area contributed by atoms with Crippen molar-refractivity contribution < 1.29 is 19.2 Å². The predicted octanol–water partition coefficient (Wildman–Crippen LogP) is 1.35. The Morgan fingerprint density at radius 3 is 2.54 bits per heavy atom. The number of carbonyl (C=O) groups is 2. The highest BCUT2D eigenvalue weighted by Crippen LogP contribution is 2.21. The topological polar surface area (TPSA) is 129 Å². The van der Waals surface area contributed by atoms with Crippen LogP contribution in [0.5, 0.6) is 0 Å². The van der Waals surface area contributed by atoms with Crippen molar-refractivity contribution in [1.29, 1.82) is 0 Å². The van der Waals surface area contributed by atoms with Crippen LogP contribution in [0.4, 0.5) is 5.69 Å². The second kappa shape index (κ2) is 8.01. The first-order valence-corrected chi connectivity index (χ1v) is 7.52. The van der Waals surface area contributed by atoms with E-state index in [1.165, 1.54) is 31.9 Å². The molecule has 0 aliphatic heterocycles. The molecule has 0 saturated heterocycles. The number of ether oxygens (including phenoxy) is 1. The number of esters is 1. The number of aromatic nitrogens is 2. The van der Waals surface area contributed by atoms with Gasteiger partial charge in [-0.2, -0.15) is 10.2 Å². The molecule has 2 rings (SSSR count). The zero-order valence-corrected chi connectivity index (χ0v) is 14.4. The number of nitrogens with one attached hydrogen (secondary N) is 1. The number of benzene rings is 1. The fourth-order valence-electron chi connectivity index (χ4n) is 2.28. The monoisotopic (exact) mass is 359 g/mol. The Morgan fingerprint density at radius 2 is 2.00 bits per heavy atom. The largest absolute Gasteiger partial charge is 0.465 e. The molecule has 136 valence electrons. The molecule has 1 aromatic carbocycles. The molecule has 0 radical (unpaired) electrons. The van der Waals surface area contributed by atoms with Gasteiger partial charge in [-0.15, -0.1) is 0 Å². The lowest BCUT2D eigenvalue weighted by molar-refractivity contribution is -0.386. The highest BCUT2D eigenvalue weighted by atomic mass is 16.6. The van der Waals surface area contributed by atoms with Gasteiger partial charge in [0.2, 0.25) is 0 Å². The van der Waals surface area contributed by atoms with E-state index in [-0.39, 0.29) is 17.9 Å². The second-order valence-corrected chi connectivity index (χ2v) is 5.34. The predicted molar refractivity (Wildman–Crippen MR) is 91.9 cm³/mol. The first kappa shape index (κ1) is 18.8. The Morgan fingerprint density at radius 1 is 1.35 bits per heavy atom. The minimum absolute atomic E-state index is 0.105. The van der Waals surface area contributed by atoms with Crippen LogP contribution in [-0.4, -0.2) is 39.9 Å². The number of hydrogen-bond acceptors (Lipinski definition) is 7. The van der Waals surface area contributed by atoms with Crippen LogP contribution >= 0.6 is 0 Å². The molecule has 0 atom stereocenters. The molecule has 0 saturated carbocycles. The molecule has 26 heavy (non-hydrogen) atoms. The molecule has 10 nitrogen and oxygen atoms in total. The van der Waals surface area contributed by atoms with Crippen LogP contribution in [0.3, 0.4) is 0 Å². The van der Waals surface area contributed by atoms with Crippen molar-refractivity contribution in [2.75, 3.05) is 7.11 Å². The van der Waals surface area contributed by atoms with Crippen molar-refractivity contribution in [2.45, 2.75) is 20.4 Å². The molecule has 0 spiro atoms. The number of amides is 1. The van der Waals surface area contributed by atoms with Crippen molar-refractivity contribution in [3.63, 3.8) is 0 Å². The van der Waals surface area contributed by atoms with Gasteiger partial charge in [0.1, 0.15) is 17.9 Å².